The van der Waals surface area contributed by atoms with Crippen molar-refractivity contribution in [2.45, 2.75) is 84.5 Å². The van der Waals surface area contributed by atoms with E-state index in [0.29, 0.717) is 0 Å². The summed E-state index contributed by atoms with van der Waals surface area (Å²) < 4.78 is 0. The average Bonchev–Trinajstić information content (AvgIpc) is 3.05. The van der Waals surface area contributed by atoms with Gasteiger partial charge in [-0.25, -0.2) is 0 Å². The van der Waals surface area contributed by atoms with Crippen LogP contribution in [0.15, 0.2) is 30.6 Å². The summed E-state index contributed by atoms with van der Waals surface area (Å²) >= 11 is 0. The summed E-state index contributed by atoms with van der Waals surface area (Å²) in [7, 11) is 0. The fourth-order valence-corrected chi connectivity index (χ4v) is 7.60. The maximum absolute atomic E-state index is 3.78. The van der Waals surface area contributed by atoms with Gasteiger partial charge in [0, 0.05) is 12.4 Å². The van der Waals surface area contributed by atoms with Gasteiger partial charge in [-0.3, -0.25) is 4.98 Å². The normalized spacial score (nSPS) is 45.4. The van der Waals surface area contributed by atoms with Gasteiger partial charge >= 0.3 is 0 Å². The quantitative estimate of drug-likeness (QED) is 0.501. The highest BCUT2D eigenvalue weighted by atomic mass is 14.6. The molecule has 1 heteroatoms. The Morgan fingerprint density at radius 3 is 2.28 bits per heavy atom. The molecule has 0 radical (unpaired) electrons. The van der Waals surface area contributed by atoms with Crippen molar-refractivity contribution in [2.24, 2.45) is 34.5 Å². The first kappa shape index (κ1) is 17.6. The van der Waals surface area contributed by atoms with Gasteiger partial charge < -0.3 is 0 Å². The first-order valence-corrected chi connectivity index (χ1v) is 11.0. The van der Waals surface area contributed by atoms with E-state index in [1.165, 1.54) is 19.3 Å². The van der Waals surface area contributed by atoms with Crippen molar-refractivity contribution < 1.29 is 0 Å². The van der Waals surface area contributed by atoms with E-state index < -0.39 is 0 Å². The van der Waals surface area contributed by atoms with Crippen LogP contribution in [0.1, 0.15) is 84.5 Å². The largest absolute Gasteiger partial charge is 0.265 e. The molecule has 25 heavy (non-hydrogen) atoms. The molecule has 1 aromatic heterocycles. The molecule has 1 nitrogen and oxygen atoms in total. The van der Waals surface area contributed by atoms with Crippen LogP contribution in [-0.4, -0.2) is 4.98 Å². The van der Waals surface area contributed by atoms with Gasteiger partial charge in [0.15, 0.2) is 0 Å². The van der Waals surface area contributed by atoms with E-state index in [1.807, 2.05) is 18.2 Å². The smallest absolute Gasteiger partial charge is 0.0267 e. The zero-order chi connectivity index (χ0) is 17.3. The third-order valence-electron chi connectivity index (χ3n) is 8.93. The van der Waals surface area contributed by atoms with Gasteiger partial charge in [0.1, 0.15) is 0 Å². The van der Waals surface area contributed by atoms with Crippen LogP contribution in [0.25, 0.3) is 0 Å². The second-order valence-electron chi connectivity index (χ2n) is 10.0. The van der Waals surface area contributed by atoms with Crippen molar-refractivity contribution in [1.82, 2.24) is 4.98 Å². The fourth-order valence-electron chi connectivity index (χ4n) is 7.60. The first-order chi connectivity index (χ1) is 12.1. The predicted octanol–water partition coefficient (Wildman–Crippen LogP) is 6.89. The van der Waals surface area contributed by atoms with Gasteiger partial charge in [-0.05, 0) is 98.0 Å². The third-order valence-corrected chi connectivity index (χ3v) is 8.93. The SMILES string of the molecule is C[C@@]12CCC[C@H]1[C@@H]1CCC3CCCC[C@]3(C)[C@H]1CC2.c1ccncc1. The van der Waals surface area contributed by atoms with Gasteiger partial charge in [-0.2, -0.15) is 0 Å². The Labute approximate surface area is 155 Å². The maximum Gasteiger partial charge on any atom is 0.0267 e. The van der Waals surface area contributed by atoms with E-state index in [0.717, 1.165) is 34.5 Å². The molecule has 1 unspecified atom stereocenters. The molecule has 4 fully saturated rings. The van der Waals surface area contributed by atoms with Crippen LogP contribution in [0.4, 0.5) is 0 Å². The Morgan fingerprint density at radius 1 is 0.720 bits per heavy atom. The van der Waals surface area contributed by atoms with Gasteiger partial charge in [-0.1, -0.05) is 39.2 Å². The summed E-state index contributed by atoms with van der Waals surface area (Å²) in [6.45, 7) is 5.33. The van der Waals surface area contributed by atoms with Crippen molar-refractivity contribution in [1.29, 1.82) is 0 Å². The molecule has 4 saturated carbocycles. The Morgan fingerprint density at radius 2 is 1.56 bits per heavy atom. The molecule has 0 bridgehead atoms. The molecule has 0 aromatic carbocycles. The Bertz CT molecular complexity index is 528. The van der Waals surface area contributed by atoms with Crippen molar-refractivity contribution in [3.8, 4) is 0 Å². The summed E-state index contributed by atoms with van der Waals surface area (Å²) in [6.07, 6.45) is 20.6. The summed E-state index contributed by atoms with van der Waals surface area (Å²) in [4.78, 5) is 3.78. The zero-order valence-corrected chi connectivity index (χ0v) is 16.4. The molecule has 6 atom stereocenters. The van der Waals surface area contributed by atoms with E-state index >= 15 is 0 Å². The van der Waals surface area contributed by atoms with Crippen LogP contribution < -0.4 is 0 Å². The monoisotopic (exact) mass is 339 g/mol. The lowest BCUT2D eigenvalue weighted by atomic mass is 9.45. The van der Waals surface area contributed by atoms with Crippen LogP contribution in [0.2, 0.25) is 0 Å². The summed E-state index contributed by atoms with van der Waals surface area (Å²) in [5.74, 6) is 4.41. The second kappa shape index (κ2) is 7.05. The standard InChI is InChI=1S/C19H32.C5H5N/c1-18-11-5-7-16(18)15-9-8-14-6-3-4-12-19(14,2)17(15)10-13-18;1-2-4-6-5-3-1/h14-17H,3-13H2,1-2H3;1-5H/t14?,15-,16-,17-,18-,19-;/m0./s1. The topological polar surface area (TPSA) is 12.9 Å². The van der Waals surface area contributed by atoms with E-state index in [1.54, 1.807) is 63.8 Å². The molecule has 0 aliphatic heterocycles. The Kier molecular flexibility index (Phi) is 4.95. The zero-order valence-electron chi connectivity index (χ0n) is 16.4. The molecule has 0 amide bonds. The first-order valence-electron chi connectivity index (χ1n) is 11.0. The van der Waals surface area contributed by atoms with Gasteiger partial charge in [0.05, 0.1) is 0 Å². The lowest BCUT2D eigenvalue weighted by Gasteiger charge is -2.60. The Hall–Kier alpha value is -0.850. The average molecular weight is 340 g/mol. The number of nitrogens with zero attached hydrogens (tertiary/aromatic N) is 1. The van der Waals surface area contributed by atoms with Crippen LogP contribution in [-0.2, 0) is 0 Å². The van der Waals surface area contributed by atoms with Crippen molar-refractivity contribution in [2.75, 3.05) is 0 Å². The number of rotatable bonds is 0. The third kappa shape index (κ3) is 3.17. The molecule has 4 aliphatic rings. The van der Waals surface area contributed by atoms with Crippen LogP contribution >= 0.6 is 0 Å². The van der Waals surface area contributed by atoms with E-state index in [2.05, 4.69) is 18.8 Å². The van der Waals surface area contributed by atoms with E-state index in [-0.39, 0.29) is 0 Å². The minimum atomic E-state index is 0.741. The highest BCUT2D eigenvalue weighted by Gasteiger charge is 2.56. The number of aromatic nitrogens is 1. The second-order valence-corrected chi connectivity index (χ2v) is 10.0. The summed E-state index contributed by atoms with van der Waals surface area (Å²) in [5.41, 5.74) is 1.49. The number of hydrogen-bond acceptors (Lipinski definition) is 1. The molecule has 1 heterocycles. The number of pyridine rings is 1. The number of fused-ring (bicyclic) bond motifs is 5. The maximum atomic E-state index is 3.78. The molecule has 1 aromatic rings. The molecule has 0 N–H and O–H groups in total. The lowest BCUT2D eigenvalue weighted by Crippen LogP contribution is -2.51. The van der Waals surface area contributed by atoms with Gasteiger partial charge in [-0.15, -0.1) is 0 Å². The molecule has 0 saturated heterocycles. The van der Waals surface area contributed by atoms with Gasteiger partial charge in [0.25, 0.3) is 0 Å². The molecule has 138 valence electrons. The Balaban J connectivity index is 0.000000223. The van der Waals surface area contributed by atoms with E-state index in [4.69, 9.17) is 0 Å². The van der Waals surface area contributed by atoms with E-state index in [9.17, 15) is 0 Å². The fraction of sp³-hybridized carbons (Fsp3) is 0.792. The molecule has 5 rings (SSSR count). The highest BCUT2D eigenvalue weighted by Crippen LogP contribution is 2.66. The number of hydrogen-bond donors (Lipinski definition) is 0. The van der Waals surface area contributed by atoms with Crippen molar-refractivity contribution in [3.05, 3.63) is 30.6 Å². The van der Waals surface area contributed by atoms with Gasteiger partial charge in [0.2, 0.25) is 0 Å². The lowest BCUT2D eigenvalue weighted by molar-refractivity contribution is -0.103. The van der Waals surface area contributed by atoms with Crippen molar-refractivity contribution >= 4 is 0 Å². The highest BCUT2D eigenvalue weighted by molar-refractivity contribution is 5.06. The summed E-state index contributed by atoms with van der Waals surface area (Å²) in [5, 5.41) is 0. The van der Waals surface area contributed by atoms with Crippen LogP contribution in [0, 0.1) is 34.5 Å². The minimum Gasteiger partial charge on any atom is -0.265 e. The molecule has 4 aliphatic carbocycles. The van der Waals surface area contributed by atoms with Crippen LogP contribution in [0.3, 0.4) is 0 Å². The molecule has 0 spiro atoms. The predicted molar refractivity (Wildman–Crippen MR) is 105 cm³/mol. The van der Waals surface area contributed by atoms with Crippen molar-refractivity contribution in [3.63, 3.8) is 0 Å². The molecular formula is C24H37N. The summed E-state index contributed by atoms with van der Waals surface area (Å²) in [6, 6.07) is 5.72. The van der Waals surface area contributed by atoms with Crippen LogP contribution in [0.5, 0.6) is 0 Å². The molecular weight excluding hydrogens is 302 g/mol. The minimum absolute atomic E-state index is 0.741.